The van der Waals surface area contributed by atoms with E-state index in [1.807, 2.05) is 31.6 Å². The third kappa shape index (κ3) is 4.58. The van der Waals surface area contributed by atoms with E-state index in [0.717, 1.165) is 16.1 Å². The number of hydrogen-bond acceptors (Lipinski definition) is 4. The Morgan fingerprint density at radius 2 is 2.00 bits per heavy atom. The Morgan fingerprint density at radius 1 is 1.29 bits per heavy atom. The maximum atomic E-state index is 11.0. The largest absolute Gasteiger partial charge is 0.481 e. The molecule has 2 rings (SSSR count). The van der Waals surface area contributed by atoms with Gasteiger partial charge in [0.15, 0.2) is 0 Å². The first kappa shape index (κ1) is 15.5. The molecular formula is C16H20N2O2S. The van der Waals surface area contributed by atoms with Gasteiger partial charge in [0, 0.05) is 31.2 Å². The van der Waals surface area contributed by atoms with Crippen LogP contribution < -0.4 is 10.2 Å². The van der Waals surface area contributed by atoms with E-state index in [1.54, 1.807) is 11.3 Å². The second kappa shape index (κ2) is 7.24. The summed E-state index contributed by atoms with van der Waals surface area (Å²) in [5.41, 5.74) is 2.30. The molecule has 2 N–H and O–H groups in total. The number of carbonyl (C=O) groups is 1. The normalized spacial score (nSPS) is 12.1. The van der Waals surface area contributed by atoms with Crippen LogP contribution in [0.5, 0.6) is 0 Å². The lowest BCUT2D eigenvalue weighted by Gasteiger charge is -2.16. The molecule has 1 aromatic carbocycles. The minimum Gasteiger partial charge on any atom is -0.481 e. The number of nitrogens with one attached hydrogen (secondary N) is 1. The van der Waals surface area contributed by atoms with Crippen molar-refractivity contribution in [1.29, 1.82) is 0 Å². The summed E-state index contributed by atoms with van der Waals surface area (Å²) in [6, 6.07) is 12.0. The summed E-state index contributed by atoms with van der Waals surface area (Å²) in [6.45, 7) is 0.656. The first-order chi connectivity index (χ1) is 10.1. The molecule has 0 radical (unpaired) electrons. The maximum absolute atomic E-state index is 11.0. The van der Waals surface area contributed by atoms with Crippen molar-refractivity contribution in [3.63, 3.8) is 0 Å². The van der Waals surface area contributed by atoms with Crippen LogP contribution in [0.25, 0.3) is 0 Å². The van der Waals surface area contributed by atoms with E-state index < -0.39 is 5.97 Å². The van der Waals surface area contributed by atoms with Crippen molar-refractivity contribution in [1.82, 2.24) is 5.32 Å². The Balaban J connectivity index is 1.99. The Labute approximate surface area is 129 Å². The number of hydrogen-bond donors (Lipinski definition) is 2. The molecule has 0 bridgehead atoms. The fourth-order valence-electron chi connectivity index (χ4n) is 2.09. The van der Waals surface area contributed by atoms with Crippen molar-refractivity contribution in [2.24, 2.45) is 0 Å². The van der Waals surface area contributed by atoms with Crippen LogP contribution >= 0.6 is 11.3 Å². The highest BCUT2D eigenvalue weighted by atomic mass is 32.1. The molecule has 0 aliphatic heterocycles. The number of benzene rings is 1. The minimum absolute atomic E-state index is 0.0935. The molecule has 0 aliphatic carbocycles. The number of carboxylic acid groups (broad SMARTS) is 1. The molecule has 0 fully saturated rings. The van der Waals surface area contributed by atoms with Gasteiger partial charge in [0.1, 0.15) is 0 Å². The van der Waals surface area contributed by atoms with Crippen molar-refractivity contribution in [3.8, 4) is 0 Å². The molecule has 1 heterocycles. The SMILES string of the molecule is CN(C)c1ccc(CNC(CC(=O)O)c2cccs2)cc1. The second-order valence-electron chi connectivity index (χ2n) is 5.11. The quantitative estimate of drug-likeness (QED) is 0.825. The van der Waals surface area contributed by atoms with Gasteiger partial charge in [-0.2, -0.15) is 0 Å². The van der Waals surface area contributed by atoms with E-state index in [9.17, 15) is 4.79 Å². The summed E-state index contributed by atoms with van der Waals surface area (Å²) in [4.78, 5) is 14.1. The standard InChI is InChI=1S/C16H20N2O2S/c1-18(2)13-7-5-12(6-8-13)11-17-14(10-16(19)20)15-4-3-9-21-15/h3-9,14,17H,10-11H2,1-2H3,(H,19,20). The van der Waals surface area contributed by atoms with E-state index in [4.69, 9.17) is 5.11 Å². The molecule has 5 heteroatoms. The van der Waals surface area contributed by atoms with Gasteiger partial charge >= 0.3 is 5.97 Å². The van der Waals surface area contributed by atoms with Crippen molar-refractivity contribution in [3.05, 3.63) is 52.2 Å². The van der Waals surface area contributed by atoms with Crippen molar-refractivity contribution in [2.45, 2.75) is 19.0 Å². The van der Waals surface area contributed by atoms with Gasteiger partial charge in [0.25, 0.3) is 0 Å². The predicted molar refractivity (Wildman–Crippen MR) is 86.9 cm³/mol. The zero-order chi connectivity index (χ0) is 15.2. The summed E-state index contributed by atoms with van der Waals surface area (Å²) < 4.78 is 0. The van der Waals surface area contributed by atoms with Crippen LogP contribution in [-0.2, 0) is 11.3 Å². The predicted octanol–water partition coefficient (Wildman–Crippen LogP) is 3.12. The van der Waals surface area contributed by atoms with Crippen LogP contribution in [0.2, 0.25) is 0 Å². The molecule has 4 nitrogen and oxygen atoms in total. The summed E-state index contributed by atoms with van der Waals surface area (Å²) in [5.74, 6) is -0.788. The first-order valence-electron chi connectivity index (χ1n) is 6.81. The van der Waals surface area contributed by atoms with E-state index in [-0.39, 0.29) is 12.5 Å². The highest BCUT2D eigenvalue weighted by Gasteiger charge is 2.15. The van der Waals surface area contributed by atoms with E-state index in [0.29, 0.717) is 6.54 Å². The van der Waals surface area contributed by atoms with Gasteiger partial charge in [0.2, 0.25) is 0 Å². The lowest BCUT2D eigenvalue weighted by atomic mass is 10.1. The number of anilines is 1. The second-order valence-corrected chi connectivity index (χ2v) is 6.09. The van der Waals surface area contributed by atoms with Crippen molar-refractivity contribution in [2.75, 3.05) is 19.0 Å². The fourth-order valence-corrected chi connectivity index (χ4v) is 2.89. The average Bonchev–Trinajstić information content (AvgIpc) is 2.97. The van der Waals surface area contributed by atoms with Crippen molar-refractivity contribution < 1.29 is 9.90 Å². The number of rotatable bonds is 7. The van der Waals surface area contributed by atoms with Gasteiger partial charge in [-0.15, -0.1) is 11.3 Å². The Hall–Kier alpha value is -1.85. The highest BCUT2D eigenvalue weighted by Crippen LogP contribution is 2.22. The average molecular weight is 304 g/mol. The van der Waals surface area contributed by atoms with Crippen molar-refractivity contribution >= 4 is 23.0 Å². The number of carboxylic acids is 1. The zero-order valence-electron chi connectivity index (χ0n) is 12.2. The summed E-state index contributed by atoms with van der Waals surface area (Å²) >= 11 is 1.58. The minimum atomic E-state index is -0.788. The topological polar surface area (TPSA) is 52.6 Å². The number of thiophene rings is 1. The maximum Gasteiger partial charge on any atom is 0.305 e. The molecule has 0 aliphatic rings. The molecule has 0 spiro atoms. The van der Waals surface area contributed by atoms with E-state index in [1.165, 1.54) is 0 Å². The molecule has 21 heavy (non-hydrogen) atoms. The Kier molecular flexibility index (Phi) is 5.36. The van der Waals surface area contributed by atoms with Crippen LogP contribution in [0.3, 0.4) is 0 Å². The van der Waals surface area contributed by atoms with E-state index >= 15 is 0 Å². The fraction of sp³-hybridized carbons (Fsp3) is 0.312. The molecule has 1 atom stereocenters. The molecule has 112 valence electrons. The molecule has 1 unspecified atom stereocenters. The van der Waals surface area contributed by atoms with Gasteiger partial charge < -0.3 is 15.3 Å². The first-order valence-corrected chi connectivity index (χ1v) is 7.69. The number of aliphatic carboxylic acids is 1. The lowest BCUT2D eigenvalue weighted by molar-refractivity contribution is -0.137. The van der Waals surface area contributed by atoms with Gasteiger partial charge in [-0.05, 0) is 29.1 Å². The molecule has 0 saturated carbocycles. The summed E-state index contributed by atoms with van der Waals surface area (Å²) in [6.07, 6.45) is 0.0935. The third-order valence-electron chi connectivity index (χ3n) is 3.27. The Bertz CT molecular complexity index is 564. The smallest absolute Gasteiger partial charge is 0.305 e. The van der Waals surface area contributed by atoms with Crippen LogP contribution in [0.15, 0.2) is 41.8 Å². The van der Waals surface area contributed by atoms with Crippen LogP contribution in [0.4, 0.5) is 5.69 Å². The monoisotopic (exact) mass is 304 g/mol. The van der Waals surface area contributed by atoms with Crippen LogP contribution in [0, 0.1) is 0 Å². The molecule has 1 aromatic heterocycles. The van der Waals surface area contributed by atoms with Gasteiger partial charge in [-0.25, -0.2) is 0 Å². The van der Waals surface area contributed by atoms with Gasteiger partial charge in [-0.1, -0.05) is 18.2 Å². The Morgan fingerprint density at radius 3 is 2.52 bits per heavy atom. The third-order valence-corrected chi connectivity index (χ3v) is 4.26. The molecular weight excluding hydrogens is 284 g/mol. The van der Waals surface area contributed by atoms with Gasteiger partial charge in [-0.3, -0.25) is 4.79 Å². The highest BCUT2D eigenvalue weighted by molar-refractivity contribution is 7.10. The molecule has 2 aromatic rings. The molecule has 0 saturated heterocycles. The van der Waals surface area contributed by atoms with Crippen LogP contribution in [-0.4, -0.2) is 25.2 Å². The van der Waals surface area contributed by atoms with E-state index in [2.05, 4.69) is 34.5 Å². The van der Waals surface area contributed by atoms with Crippen LogP contribution in [0.1, 0.15) is 22.9 Å². The lowest BCUT2D eigenvalue weighted by Crippen LogP contribution is -2.22. The summed E-state index contributed by atoms with van der Waals surface area (Å²) in [7, 11) is 4.01. The number of nitrogens with zero attached hydrogens (tertiary/aromatic N) is 1. The summed E-state index contributed by atoms with van der Waals surface area (Å²) in [5, 5.41) is 14.3. The molecule has 0 amide bonds. The van der Waals surface area contributed by atoms with Gasteiger partial charge in [0.05, 0.1) is 12.5 Å². The zero-order valence-corrected chi connectivity index (χ0v) is 13.1.